The maximum atomic E-state index is 13.5. The molecule has 0 N–H and O–H groups in total. The van der Waals surface area contributed by atoms with Gasteiger partial charge in [-0.1, -0.05) is 71.6 Å². The van der Waals surface area contributed by atoms with E-state index in [4.69, 9.17) is 18.9 Å². The maximum absolute atomic E-state index is 13.5. The normalized spacial score (nSPS) is 19.1. The van der Waals surface area contributed by atoms with Gasteiger partial charge in [0.1, 0.15) is 17.7 Å². The molecule has 234 valence electrons. The third-order valence-electron chi connectivity index (χ3n) is 7.07. The molecule has 5 aromatic rings. The molecule has 1 saturated heterocycles. The van der Waals surface area contributed by atoms with E-state index in [2.05, 4.69) is 20.3 Å². The molecular formula is C32H27N5O7S2. The van der Waals surface area contributed by atoms with Crippen LogP contribution >= 0.6 is 23.5 Å². The maximum Gasteiger partial charge on any atom is 0.338 e. The molecule has 0 radical (unpaired) electrons. The molecule has 3 aromatic carbocycles. The minimum atomic E-state index is -1.25. The van der Waals surface area contributed by atoms with Crippen molar-refractivity contribution in [1.29, 1.82) is 0 Å². The van der Waals surface area contributed by atoms with Crippen LogP contribution in [0.1, 0.15) is 37.3 Å². The Morgan fingerprint density at radius 1 is 0.739 bits per heavy atom. The fraction of sp³-hybridized carbons (Fsp3) is 0.219. The van der Waals surface area contributed by atoms with Gasteiger partial charge in [0.25, 0.3) is 0 Å². The molecule has 0 saturated carbocycles. The molecule has 14 heteroatoms. The number of rotatable bonds is 10. The van der Waals surface area contributed by atoms with Crippen molar-refractivity contribution in [3.8, 4) is 0 Å². The SMILES string of the molecule is CSc1nc(SC)c2nnn([C@@H]3O[C@H](COC(=O)c4ccccc4)[C@@H](OC(=O)c4ccccc4)[C@H]3OC(=O)c3ccccc3)c2n1. The van der Waals surface area contributed by atoms with Crippen molar-refractivity contribution in [2.24, 2.45) is 0 Å². The fourth-order valence-electron chi connectivity index (χ4n) is 4.85. The van der Waals surface area contributed by atoms with Gasteiger partial charge in [-0.15, -0.1) is 16.9 Å². The summed E-state index contributed by atoms with van der Waals surface area (Å²) in [4.78, 5) is 48.9. The zero-order valence-electron chi connectivity index (χ0n) is 24.6. The molecule has 12 nitrogen and oxygen atoms in total. The molecule has 0 unspecified atom stereocenters. The van der Waals surface area contributed by atoms with Crippen LogP contribution in [-0.4, -0.2) is 80.3 Å². The summed E-state index contributed by atoms with van der Waals surface area (Å²) >= 11 is 2.71. The van der Waals surface area contributed by atoms with Crippen molar-refractivity contribution >= 4 is 52.6 Å². The summed E-state index contributed by atoms with van der Waals surface area (Å²) in [6.45, 7) is -0.329. The van der Waals surface area contributed by atoms with Gasteiger partial charge in [-0.05, 0) is 48.9 Å². The number of ether oxygens (including phenoxy) is 4. The van der Waals surface area contributed by atoms with E-state index in [0.29, 0.717) is 26.9 Å². The van der Waals surface area contributed by atoms with Crippen molar-refractivity contribution in [2.75, 3.05) is 19.1 Å². The van der Waals surface area contributed by atoms with Crippen molar-refractivity contribution in [2.45, 2.75) is 34.7 Å². The van der Waals surface area contributed by atoms with Gasteiger partial charge in [0.15, 0.2) is 34.8 Å². The lowest BCUT2D eigenvalue weighted by atomic mass is 10.1. The molecular weight excluding hydrogens is 631 g/mol. The number of thioether (sulfide) groups is 2. The average molecular weight is 658 g/mol. The summed E-state index contributed by atoms with van der Waals surface area (Å²) in [5, 5.41) is 9.68. The number of benzene rings is 3. The Bertz CT molecular complexity index is 1840. The number of nitrogens with zero attached hydrogens (tertiary/aromatic N) is 5. The van der Waals surface area contributed by atoms with Crippen molar-refractivity contribution in [3.05, 3.63) is 108 Å². The minimum Gasteiger partial charge on any atom is -0.459 e. The monoisotopic (exact) mass is 657 g/mol. The zero-order valence-corrected chi connectivity index (χ0v) is 26.2. The Balaban J connectivity index is 1.40. The minimum absolute atomic E-state index is 0.271. The standard InChI is InChI=1S/C32H27N5O7S2/c1-45-27-23-26(33-32(34-27)46-2)37(36-35-23)28-25(44-31(40)21-16-10-5-11-17-21)24(43-30(39)20-14-8-4-9-15-20)22(42-28)18-41-29(38)19-12-6-3-7-13-19/h3-17,22,24-25,28H,18H2,1-2H3/t22-,24-,25-,28-/m1/s1. The van der Waals surface area contributed by atoms with Crippen LogP contribution < -0.4 is 0 Å². The van der Waals surface area contributed by atoms with Gasteiger partial charge in [0.2, 0.25) is 0 Å². The lowest BCUT2D eigenvalue weighted by Gasteiger charge is -2.24. The predicted octanol–water partition coefficient (Wildman–Crippen LogP) is 4.87. The van der Waals surface area contributed by atoms with Crippen LogP contribution in [0, 0.1) is 0 Å². The molecule has 46 heavy (non-hydrogen) atoms. The first-order chi connectivity index (χ1) is 22.5. The van der Waals surface area contributed by atoms with E-state index in [1.54, 1.807) is 91.0 Å². The van der Waals surface area contributed by atoms with Crippen molar-refractivity contribution in [1.82, 2.24) is 25.0 Å². The first-order valence-electron chi connectivity index (χ1n) is 14.1. The van der Waals surface area contributed by atoms with Crippen LogP contribution in [-0.2, 0) is 18.9 Å². The second-order valence-electron chi connectivity index (χ2n) is 9.93. The van der Waals surface area contributed by atoms with E-state index in [0.717, 1.165) is 0 Å². The highest BCUT2D eigenvalue weighted by atomic mass is 32.2. The molecule has 0 amide bonds. The molecule has 1 aliphatic rings. The number of hydrogen-bond acceptors (Lipinski definition) is 13. The quantitative estimate of drug-likeness (QED) is 0.0663. The highest BCUT2D eigenvalue weighted by Crippen LogP contribution is 2.37. The summed E-state index contributed by atoms with van der Waals surface area (Å²) in [5.74, 6) is -1.97. The Morgan fingerprint density at radius 2 is 1.28 bits per heavy atom. The van der Waals surface area contributed by atoms with Gasteiger partial charge in [-0.2, -0.15) is 4.68 Å². The summed E-state index contributed by atoms with van der Waals surface area (Å²) in [7, 11) is 0. The second-order valence-corrected chi connectivity index (χ2v) is 11.5. The molecule has 2 aromatic heterocycles. The highest BCUT2D eigenvalue weighted by Gasteiger charge is 2.52. The van der Waals surface area contributed by atoms with E-state index in [1.165, 1.54) is 28.2 Å². The molecule has 0 spiro atoms. The molecule has 1 aliphatic heterocycles. The van der Waals surface area contributed by atoms with E-state index >= 15 is 0 Å². The van der Waals surface area contributed by atoms with Gasteiger partial charge in [0.05, 0.1) is 16.7 Å². The first kappa shape index (κ1) is 31.2. The van der Waals surface area contributed by atoms with Crippen molar-refractivity contribution < 1.29 is 33.3 Å². The van der Waals surface area contributed by atoms with Crippen LogP contribution in [0.15, 0.2) is 101 Å². The molecule has 3 heterocycles. The first-order valence-corrected chi connectivity index (χ1v) is 16.5. The van der Waals surface area contributed by atoms with Gasteiger partial charge in [-0.3, -0.25) is 0 Å². The summed E-state index contributed by atoms with van der Waals surface area (Å²) in [6, 6.07) is 25.2. The van der Waals surface area contributed by atoms with E-state index in [-0.39, 0.29) is 17.7 Å². The van der Waals surface area contributed by atoms with Gasteiger partial charge in [0, 0.05) is 0 Å². The Morgan fingerprint density at radius 3 is 1.83 bits per heavy atom. The second kappa shape index (κ2) is 14.1. The smallest absolute Gasteiger partial charge is 0.338 e. The fourth-order valence-corrected chi connectivity index (χ4v) is 5.77. The number of aromatic nitrogens is 5. The largest absolute Gasteiger partial charge is 0.459 e. The third-order valence-corrected chi connectivity index (χ3v) is 8.29. The van der Waals surface area contributed by atoms with Crippen LogP contribution in [0.5, 0.6) is 0 Å². The van der Waals surface area contributed by atoms with Crippen LogP contribution in [0.25, 0.3) is 11.2 Å². The topological polar surface area (TPSA) is 145 Å². The van der Waals surface area contributed by atoms with Crippen LogP contribution in [0.3, 0.4) is 0 Å². The van der Waals surface area contributed by atoms with Gasteiger partial charge < -0.3 is 18.9 Å². The molecule has 1 fully saturated rings. The van der Waals surface area contributed by atoms with E-state index < -0.39 is 42.4 Å². The van der Waals surface area contributed by atoms with Crippen molar-refractivity contribution in [3.63, 3.8) is 0 Å². The number of hydrogen-bond donors (Lipinski definition) is 0. The number of fused-ring (bicyclic) bond motifs is 1. The number of carbonyl (C=O) groups is 3. The van der Waals surface area contributed by atoms with E-state index in [1.807, 2.05) is 12.5 Å². The van der Waals surface area contributed by atoms with E-state index in [9.17, 15) is 14.4 Å². The average Bonchev–Trinajstić information content (AvgIpc) is 3.68. The zero-order chi connectivity index (χ0) is 32.0. The molecule has 6 rings (SSSR count). The summed E-state index contributed by atoms with van der Waals surface area (Å²) < 4.78 is 25.4. The number of esters is 3. The lowest BCUT2D eigenvalue weighted by molar-refractivity contribution is -0.0661. The summed E-state index contributed by atoms with van der Waals surface area (Å²) in [6.07, 6.45) is -1.03. The molecule has 0 aliphatic carbocycles. The van der Waals surface area contributed by atoms with Gasteiger partial charge >= 0.3 is 17.9 Å². The van der Waals surface area contributed by atoms with Crippen LogP contribution in [0.2, 0.25) is 0 Å². The van der Waals surface area contributed by atoms with Crippen LogP contribution in [0.4, 0.5) is 0 Å². The number of carbonyl (C=O) groups excluding carboxylic acids is 3. The van der Waals surface area contributed by atoms with Gasteiger partial charge in [-0.25, -0.2) is 24.4 Å². The lowest BCUT2D eigenvalue weighted by Crippen LogP contribution is -2.41. The third kappa shape index (κ3) is 6.59. The predicted molar refractivity (Wildman–Crippen MR) is 169 cm³/mol. The summed E-state index contributed by atoms with van der Waals surface area (Å²) in [5.41, 5.74) is 1.61. The Labute approximate surface area is 271 Å². The molecule has 0 bridgehead atoms. The Hall–Kier alpha value is -4.79. The Kier molecular flexibility index (Phi) is 9.57. The molecule has 4 atom stereocenters. The highest BCUT2D eigenvalue weighted by molar-refractivity contribution is 7.99.